The highest BCUT2D eigenvalue weighted by Gasteiger charge is 2.16. The number of nitrogens with zero attached hydrogens (tertiary/aromatic N) is 3. The third-order valence-electron chi connectivity index (χ3n) is 3.75. The molecule has 1 atom stereocenters. The van der Waals surface area contributed by atoms with E-state index in [4.69, 9.17) is 0 Å². The van der Waals surface area contributed by atoms with Gasteiger partial charge in [0.25, 0.3) is 5.91 Å². The number of rotatable bonds is 6. The number of urea groups is 1. The molecule has 0 fully saturated rings. The van der Waals surface area contributed by atoms with Gasteiger partial charge in [0.1, 0.15) is 12.2 Å². The van der Waals surface area contributed by atoms with E-state index in [1.54, 1.807) is 22.9 Å². The van der Waals surface area contributed by atoms with Crippen LogP contribution >= 0.6 is 0 Å². The number of hydrogen-bond acceptors (Lipinski definition) is 4. The molecule has 0 unspecified atom stereocenters. The summed E-state index contributed by atoms with van der Waals surface area (Å²) in [5.74, 6) is 0.565. The molecule has 2 rings (SSSR count). The van der Waals surface area contributed by atoms with Gasteiger partial charge in [0, 0.05) is 24.3 Å². The van der Waals surface area contributed by atoms with Gasteiger partial charge in [-0.25, -0.2) is 14.5 Å². The Balaban J connectivity index is 2.02. The van der Waals surface area contributed by atoms with Crippen LogP contribution in [-0.2, 0) is 6.54 Å². The molecule has 0 aliphatic heterocycles. The summed E-state index contributed by atoms with van der Waals surface area (Å²) in [5.41, 5.74) is 2.02. The van der Waals surface area contributed by atoms with E-state index in [0.717, 1.165) is 5.56 Å². The second-order valence-electron chi connectivity index (χ2n) is 5.64. The SMILES string of the molecule is CCNC(=O)c1ccc(NC(=O)N[C@@H](C)c2ncnn2CC)c(C)c1. The van der Waals surface area contributed by atoms with Gasteiger partial charge in [-0.05, 0) is 51.5 Å². The molecule has 1 aromatic carbocycles. The highest BCUT2D eigenvalue weighted by molar-refractivity contribution is 5.96. The summed E-state index contributed by atoms with van der Waals surface area (Å²) < 4.78 is 1.73. The molecule has 0 saturated heterocycles. The van der Waals surface area contributed by atoms with Gasteiger partial charge in [-0.15, -0.1) is 0 Å². The number of nitrogens with one attached hydrogen (secondary N) is 3. The Hall–Kier alpha value is -2.90. The molecule has 25 heavy (non-hydrogen) atoms. The Bertz CT molecular complexity index is 755. The lowest BCUT2D eigenvalue weighted by Crippen LogP contribution is -2.33. The lowest BCUT2D eigenvalue weighted by atomic mass is 10.1. The molecule has 0 bridgehead atoms. The van der Waals surface area contributed by atoms with Crippen LogP contribution in [-0.4, -0.2) is 33.2 Å². The molecule has 2 aromatic rings. The third kappa shape index (κ3) is 4.56. The number of benzene rings is 1. The molecular formula is C17H24N6O2. The third-order valence-corrected chi connectivity index (χ3v) is 3.75. The number of aromatic nitrogens is 3. The lowest BCUT2D eigenvalue weighted by molar-refractivity contribution is 0.0955. The summed E-state index contributed by atoms with van der Waals surface area (Å²) in [7, 11) is 0. The van der Waals surface area contributed by atoms with Crippen molar-refractivity contribution in [3.8, 4) is 0 Å². The van der Waals surface area contributed by atoms with Crippen LogP contribution in [0.4, 0.5) is 10.5 Å². The highest BCUT2D eigenvalue weighted by Crippen LogP contribution is 2.17. The van der Waals surface area contributed by atoms with Gasteiger partial charge in [-0.1, -0.05) is 0 Å². The maximum absolute atomic E-state index is 12.2. The molecule has 8 nitrogen and oxygen atoms in total. The summed E-state index contributed by atoms with van der Waals surface area (Å²) >= 11 is 0. The zero-order valence-electron chi connectivity index (χ0n) is 15.0. The first-order valence-electron chi connectivity index (χ1n) is 8.30. The van der Waals surface area contributed by atoms with Gasteiger partial charge in [0.05, 0.1) is 6.04 Å². The molecule has 0 radical (unpaired) electrons. The first-order chi connectivity index (χ1) is 12.0. The van der Waals surface area contributed by atoms with Crippen LogP contribution < -0.4 is 16.0 Å². The van der Waals surface area contributed by atoms with E-state index in [1.165, 1.54) is 6.33 Å². The van der Waals surface area contributed by atoms with Gasteiger partial charge >= 0.3 is 6.03 Å². The minimum atomic E-state index is -0.341. The fourth-order valence-electron chi connectivity index (χ4n) is 2.48. The average Bonchev–Trinajstić information content (AvgIpc) is 3.05. The fourth-order valence-corrected chi connectivity index (χ4v) is 2.48. The van der Waals surface area contributed by atoms with Crippen LogP contribution in [0.15, 0.2) is 24.5 Å². The number of carbonyl (C=O) groups excluding carboxylic acids is 2. The Morgan fingerprint density at radius 3 is 2.68 bits per heavy atom. The van der Waals surface area contributed by atoms with Crippen molar-refractivity contribution < 1.29 is 9.59 Å². The molecule has 0 saturated carbocycles. The second kappa shape index (κ2) is 8.27. The summed E-state index contributed by atoms with van der Waals surface area (Å²) in [5, 5.41) is 12.5. The van der Waals surface area contributed by atoms with E-state index in [-0.39, 0.29) is 18.0 Å². The zero-order chi connectivity index (χ0) is 18.4. The average molecular weight is 344 g/mol. The topological polar surface area (TPSA) is 101 Å². The Labute approximate surface area is 147 Å². The van der Waals surface area contributed by atoms with Crippen molar-refractivity contribution in [3.05, 3.63) is 41.5 Å². The number of hydrogen-bond donors (Lipinski definition) is 3. The molecule has 0 spiro atoms. The summed E-state index contributed by atoms with van der Waals surface area (Å²) in [6.45, 7) is 8.77. The van der Waals surface area contributed by atoms with Crippen molar-refractivity contribution in [2.24, 2.45) is 0 Å². The van der Waals surface area contributed by atoms with E-state index in [1.807, 2.05) is 27.7 Å². The molecule has 8 heteroatoms. The molecule has 0 aliphatic carbocycles. The molecule has 1 heterocycles. The van der Waals surface area contributed by atoms with Crippen molar-refractivity contribution >= 4 is 17.6 Å². The van der Waals surface area contributed by atoms with Gasteiger partial charge in [0.15, 0.2) is 0 Å². The number of amides is 3. The quantitative estimate of drug-likeness (QED) is 0.748. The summed E-state index contributed by atoms with van der Waals surface area (Å²) in [4.78, 5) is 28.3. The normalized spacial score (nSPS) is 11.7. The number of carbonyl (C=O) groups is 2. The molecule has 134 valence electrons. The predicted octanol–water partition coefficient (Wildman–Crippen LogP) is 2.24. The molecule has 3 N–H and O–H groups in total. The maximum Gasteiger partial charge on any atom is 0.319 e. The standard InChI is InChI=1S/C17H24N6O2/c1-5-18-16(24)13-7-8-14(11(3)9-13)22-17(25)21-12(4)15-19-10-20-23(15)6-2/h7-10,12H,5-6H2,1-4H3,(H,18,24)(H2,21,22,25)/t12-/m0/s1. The Kier molecular flexibility index (Phi) is 6.10. The van der Waals surface area contributed by atoms with E-state index in [0.29, 0.717) is 30.2 Å². The van der Waals surface area contributed by atoms with Crippen LogP contribution in [0.25, 0.3) is 0 Å². The van der Waals surface area contributed by atoms with Crippen molar-refractivity contribution in [1.82, 2.24) is 25.4 Å². The van der Waals surface area contributed by atoms with E-state index >= 15 is 0 Å². The fraction of sp³-hybridized carbons (Fsp3) is 0.412. The van der Waals surface area contributed by atoms with Crippen molar-refractivity contribution in [2.75, 3.05) is 11.9 Å². The van der Waals surface area contributed by atoms with E-state index in [9.17, 15) is 9.59 Å². The minimum absolute atomic E-state index is 0.130. The molecular weight excluding hydrogens is 320 g/mol. The van der Waals surface area contributed by atoms with Gasteiger partial charge < -0.3 is 16.0 Å². The summed E-state index contributed by atoms with van der Waals surface area (Å²) in [6.07, 6.45) is 1.47. The van der Waals surface area contributed by atoms with Gasteiger partial charge in [-0.3, -0.25) is 4.79 Å². The smallest absolute Gasteiger partial charge is 0.319 e. The van der Waals surface area contributed by atoms with Gasteiger partial charge in [-0.2, -0.15) is 5.10 Å². The largest absolute Gasteiger partial charge is 0.352 e. The van der Waals surface area contributed by atoms with Crippen molar-refractivity contribution in [3.63, 3.8) is 0 Å². The highest BCUT2D eigenvalue weighted by atomic mass is 16.2. The van der Waals surface area contributed by atoms with Crippen molar-refractivity contribution in [1.29, 1.82) is 0 Å². The Morgan fingerprint density at radius 1 is 1.28 bits per heavy atom. The molecule has 1 aromatic heterocycles. The van der Waals surface area contributed by atoms with Crippen LogP contribution in [0.5, 0.6) is 0 Å². The van der Waals surface area contributed by atoms with Crippen LogP contribution in [0, 0.1) is 6.92 Å². The monoisotopic (exact) mass is 344 g/mol. The first-order valence-corrected chi connectivity index (χ1v) is 8.30. The minimum Gasteiger partial charge on any atom is -0.352 e. The number of aryl methyl sites for hydroxylation is 2. The van der Waals surface area contributed by atoms with Crippen LogP contribution in [0.1, 0.15) is 48.6 Å². The maximum atomic E-state index is 12.2. The summed E-state index contributed by atoms with van der Waals surface area (Å²) in [6, 6.07) is 4.53. The van der Waals surface area contributed by atoms with Gasteiger partial charge in [0.2, 0.25) is 0 Å². The lowest BCUT2D eigenvalue weighted by Gasteiger charge is -2.16. The van der Waals surface area contributed by atoms with E-state index < -0.39 is 0 Å². The van der Waals surface area contributed by atoms with E-state index in [2.05, 4.69) is 26.0 Å². The molecule has 0 aliphatic rings. The first kappa shape index (κ1) is 18.4. The Morgan fingerprint density at radius 2 is 2.04 bits per heavy atom. The molecule has 3 amide bonds. The van der Waals surface area contributed by atoms with Crippen LogP contribution in [0.3, 0.4) is 0 Å². The second-order valence-corrected chi connectivity index (χ2v) is 5.64. The number of anilines is 1. The van der Waals surface area contributed by atoms with Crippen LogP contribution in [0.2, 0.25) is 0 Å². The predicted molar refractivity (Wildman–Crippen MR) is 95.5 cm³/mol. The zero-order valence-corrected chi connectivity index (χ0v) is 15.0. The van der Waals surface area contributed by atoms with Crippen molar-refractivity contribution in [2.45, 2.75) is 40.3 Å².